The molecule has 0 aromatic carbocycles. The summed E-state index contributed by atoms with van der Waals surface area (Å²) in [6.45, 7) is 4.07. The van der Waals surface area contributed by atoms with Crippen molar-refractivity contribution in [2.24, 2.45) is 0 Å². The Morgan fingerprint density at radius 2 is 2.06 bits per heavy atom. The fourth-order valence-corrected chi connectivity index (χ4v) is 1.97. The van der Waals surface area contributed by atoms with E-state index >= 15 is 0 Å². The molecule has 1 aliphatic rings. The van der Waals surface area contributed by atoms with Crippen LogP contribution in [0.2, 0.25) is 0 Å². The molecule has 0 spiro atoms. The lowest BCUT2D eigenvalue weighted by atomic mass is 10.1. The molecule has 0 saturated carbocycles. The summed E-state index contributed by atoms with van der Waals surface area (Å²) in [5.74, 6) is 0.0846. The number of piperidine rings is 1. The molecule has 106 valence electrons. The van der Waals surface area contributed by atoms with E-state index in [2.05, 4.69) is 10.6 Å². The largest absolute Gasteiger partial charge is 0.385 e. The predicted octanol–water partition coefficient (Wildman–Crippen LogP) is 0.688. The van der Waals surface area contributed by atoms with Crippen LogP contribution in [0.1, 0.15) is 32.1 Å². The first-order valence-electron chi connectivity index (χ1n) is 6.91. The number of methoxy groups -OCH3 is 1. The summed E-state index contributed by atoms with van der Waals surface area (Å²) >= 11 is 0. The molecule has 5 heteroatoms. The first-order chi connectivity index (χ1) is 8.83. The lowest BCUT2D eigenvalue weighted by Gasteiger charge is -2.22. The van der Waals surface area contributed by atoms with Crippen LogP contribution in [-0.2, 0) is 14.3 Å². The number of hydrogen-bond acceptors (Lipinski definition) is 4. The van der Waals surface area contributed by atoms with Crippen LogP contribution in [0.4, 0.5) is 0 Å². The minimum Gasteiger partial charge on any atom is -0.385 e. The molecular weight excluding hydrogens is 232 g/mol. The normalized spacial score (nSPS) is 16.7. The number of carbonyl (C=O) groups excluding carboxylic acids is 1. The van der Waals surface area contributed by atoms with E-state index in [4.69, 9.17) is 9.47 Å². The molecule has 0 aromatic heterocycles. The molecule has 2 N–H and O–H groups in total. The zero-order valence-electron chi connectivity index (χ0n) is 11.4. The summed E-state index contributed by atoms with van der Waals surface area (Å²) in [5.41, 5.74) is 0. The van der Waals surface area contributed by atoms with Gasteiger partial charge in [0.05, 0.1) is 12.7 Å². The van der Waals surface area contributed by atoms with Crippen molar-refractivity contribution in [3.05, 3.63) is 0 Å². The van der Waals surface area contributed by atoms with Crippen LogP contribution >= 0.6 is 0 Å². The number of carbonyl (C=O) groups is 1. The molecule has 1 fully saturated rings. The third-order valence-electron chi connectivity index (χ3n) is 3.07. The third kappa shape index (κ3) is 7.63. The van der Waals surface area contributed by atoms with Crippen molar-refractivity contribution in [2.45, 2.75) is 38.2 Å². The highest BCUT2D eigenvalue weighted by Gasteiger charge is 2.13. The van der Waals surface area contributed by atoms with Gasteiger partial charge >= 0.3 is 0 Å². The van der Waals surface area contributed by atoms with Crippen molar-refractivity contribution in [3.63, 3.8) is 0 Å². The number of amides is 1. The van der Waals surface area contributed by atoms with E-state index in [9.17, 15) is 4.79 Å². The minimum absolute atomic E-state index is 0.0846. The van der Waals surface area contributed by atoms with E-state index in [0.717, 1.165) is 51.9 Å². The van der Waals surface area contributed by atoms with Crippen LogP contribution in [-0.4, -0.2) is 52.0 Å². The Morgan fingerprint density at radius 3 is 2.78 bits per heavy atom. The molecular formula is C13H26N2O3. The number of unbranched alkanes of at least 4 members (excludes halogenated alkanes) is 1. The van der Waals surface area contributed by atoms with Crippen molar-refractivity contribution in [2.75, 3.05) is 40.0 Å². The number of hydrogen-bond donors (Lipinski definition) is 2. The summed E-state index contributed by atoms with van der Waals surface area (Å²) < 4.78 is 10.6. The molecule has 0 unspecified atom stereocenters. The molecule has 18 heavy (non-hydrogen) atoms. The summed E-state index contributed by atoms with van der Waals surface area (Å²) in [7, 11) is 1.69. The van der Waals surface area contributed by atoms with Crippen molar-refractivity contribution < 1.29 is 14.3 Å². The number of rotatable bonds is 9. The van der Waals surface area contributed by atoms with Gasteiger partial charge in [0, 0.05) is 26.7 Å². The molecule has 1 rings (SSSR count). The van der Waals surface area contributed by atoms with Crippen LogP contribution < -0.4 is 10.6 Å². The maximum absolute atomic E-state index is 11.5. The summed E-state index contributed by atoms with van der Waals surface area (Å²) in [6, 6.07) is 0. The van der Waals surface area contributed by atoms with Gasteiger partial charge in [-0.1, -0.05) is 0 Å². The second-order valence-electron chi connectivity index (χ2n) is 4.62. The van der Waals surface area contributed by atoms with E-state index in [1.807, 2.05) is 0 Å². The van der Waals surface area contributed by atoms with Crippen molar-refractivity contribution in [1.29, 1.82) is 0 Å². The Bertz CT molecular complexity index is 218. The van der Waals surface area contributed by atoms with Gasteiger partial charge in [-0.2, -0.15) is 0 Å². The molecule has 1 heterocycles. The van der Waals surface area contributed by atoms with Gasteiger partial charge in [-0.15, -0.1) is 0 Å². The van der Waals surface area contributed by atoms with Crippen LogP contribution in [0.25, 0.3) is 0 Å². The Morgan fingerprint density at radius 1 is 1.28 bits per heavy atom. The standard InChI is InChI=1S/C13H26N2O3/c1-17-10-3-2-7-15-13(16)6-11-18-12-4-8-14-9-5-12/h12,14H,2-11H2,1H3,(H,15,16). The van der Waals surface area contributed by atoms with Gasteiger partial charge in [0.15, 0.2) is 0 Å². The number of ether oxygens (including phenoxy) is 2. The van der Waals surface area contributed by atoms with E-state index in [1.165, 1.54) is 0 Å². The van der Waals surface area contributed by atoms with Crippen LogP contribution in [0.3, 0.4) is 0 Å². The molecule has 0 atom stereocenters. The average molecular weight is 258 g/mol. The van der Waals surface area contributed by atoms with E-state index in [1.54, 1.807) is 7.11 Å². The summed E-state index contributed by atoms with van der Waals surface area (Å²) in [5, 5.41) is 6.18. The van der Waals surface area contributed by atoms with E-state index in [0.29, 0.717) is 19.1 Å². The van der Waals surface area contributed by atoms with Gasteiger partial charge in [0.1, 0.15) is 0 Å². The van der Waals surface area contributed by atoms with Crippen molar-refractivity contribution >= 4 is 5.91 Å². The van der Waals surface area contributed by atoms with Gasteiger partial charge in [-0.05, 0) is 38.8 Å². The molecule has 0 radical (unpaired) electrons. The fourth-order valence-electron chi connectivity index (χ4n) is 1.97. The first kappa shape index (κ1) is 15.4. The molecule has 1 saturated heterocycles. The first-order valence-corrected chi connectivity index (χ1v) is 6.91. The van der Waals surface area contributed by atoms with Crippen molar-refractivity contribution in [1.82, 2.24) is 10.6 Å². The maximum Gasteiger partial charge on any atom is 0.222 e. The van der Waals surface area contributed by atoms with E-state index in [-0.39, 0.29) is 5.91 Å². The Labute approximate surface area is 110 Å². The third-order valence-corrected chi connectivity index (χ3v) is 3.07. The second kappa shape index (κ2) is 10.3. The molecule has 1 amide bonds. The van der Waals surface area contributed by atoms with Gasteiger partial charge in [0.2, 0.25) is 5.91 Å². The average Bonchev–Trinajstić information content (AvgIpc) is 2.40. The highest BCUT2D eigenvalue weighted by Crippen LogP contribution is 2.07. The number of nitrogens with one attached hydrogen (secondary N) is 2. The minimum atomic E-state index is 0.0846. The summed E-state index contributed by atoms with van der Waals surface area (Å²) in [6.07, 6.45) is 4.86. The SMILES string of the molecule is COCCCCNC(=O)CCOC1CCNCC1. The predicted molar refractivity (Wildman–Crippen MR) is 70.6 cm³/mol. The van der Waals surface area contributed by atoms with Gasteiger partial charge in [0.25, 0.3) is 0 Å². The monoisotopic (exact) mass is 258 g/mol. The van der Waals surface area contributed by atoms with Crippen LogP contribution in [0, 0.1) is 0 Å². The topological polar surface area (TPSA) is 59.6 Å². The Hall–Kier alpha value is -0.650. The van der Waals surface area contributed by atoms with Crippen molar-refractivity contribution in [3.8, 4) is 0 Å². The Balaban J connectivity index is 1.89. The van der Waals surface area contributed by atoms with E-state index < -0.39 is 0 Å². The smallest absolute Gasteiger partial charge is 0.222 e. The molecule has 0 aromatic rings. The molecule has 1 aliphatic heterocycles. The quantitative estimate of drug-likeness (QED) is 0.597. The van der Waals surface area contributed by atoms with Crippen LogP contribution in [0.5, 0.6) is 0 Å². The van der Waals surface area contributed by atoms with Crippen LogP contribution in [0.15, 0.2) is 0 Å². The lowest BCUT2D eigenvalue weighted by Crippen LogP contribution is -2.33. The molecule has 0 bridgehead atoms. The van der Waals surface area contributed by atoms with Gasteiger partial charge < -0.3 is 20.1 Å². The maximum atomic E-state index is 11.5. The van der Waals surface area contributed by atoms with Gasteiger partial charge in [-0.3, -0.25) is 4.79 Å². The zero-order chi connectivity index (χ0) is 13.1. The molecule has 5 nitrogen and oxygen atoms in total. The van der Waals surface area contributed by atoms with Gasteiger partial charge in [-0.25, -0.2) is 0 Å². The summed E-state index contributed by atoms with van der Waals surface area (Å²) in [4.78, 5) is 11.5. The second-order valence-corrected chi connectivity index (χ2v) is 4.62. The lowest BCUT2D eigenvalue weighted by molar-refractivity contribution is -0.122. The highest BCUT2D eigenvalue weighted by molar-refractivity contribution is 5.75. The Kier molecular flexibility index (Phi) is 8.81. The highest BCUT2D eigenvalue weighted by atomic mass is 16.5. The zero-order valence-corrected chi connectivity index (χ0v) is 11.4. The fraction of sp³-hybridized carbons (Fsp3) is 0.923. The molecule has 0 aliphatic carbocycles.